The number of carbonyl (C=O) groups excluding carboxylic acids is 2. The van der Waals surface area contributed by atoms with E-state index < -0.39 is 5.97 Å². The monoisotopic (exact) mass is 390 g/mol. The molecule has 0 aromatic heterocycles. The van der Waals surface area contributed by atoms with Gasteiger partial charge in [0.25, 0.3) is 0 Å². The third-order valence-corrected chi connectivity index (χ3v) is 4.50. The molecule has 0 unspecified atom stereocenters. The lowest BCUT2D eigenvalue weighted by molar-refractivity contribution is -0.121. The summed E-state index contributed by atoms with van der Waals surface area (Å²) >= 11 is 0. The molecule has 3 N–H and O–H groups in total. The predicted molar refractivity (Wildman–Crippen MR) is 103 cm³/mol. The summed E-state index contributed by atoms with van der Waals surface area (Å²) in [4.78, 5) is 35.1. The Morgan fingerprint density at radius 2 is 1.86 bits per heavy atom. The van der Waals surface area contributed by atoms with Crippen molar-refractivity contribution in [3.8, 4) is 5.75 Å². The first-order valence-electron chi connectivity index (χ1n) is 9.12. The highest BCUT2D eigenvalue weighted by molar-refractivity contribution is 5.96. The zero-order valence-electron chi connectivity index (χ0n) is 16.1. The number of amides is 2. The highest BCUT2D eigenvalue weighted by Crippen LogP contribution is 2.27. The number of hydrogen-bond donors (Lipinski definition) is 3. The van der Waals surface area contributed by atoms with E-state index in [-0.39, 0.29) is 41.9 Å². The van der Waals surface area contributed by atoms with E-state index in [4.69, 9.17) is 9.47 Å². The maximum atomic E-state index is 12.5. The molecule has 2 rings (SSSR count). The van der Waals surface area contributed by atoms with Crippen molar-refractivity contribution >= 4 is 23.5 Å². The van der Waals surface area contributed by atoms with E-state index in [1.54, 1.807) is 13.0 Å². The lowest BCUT2D eigenvalue weighted by Crippen LogP contribution is -2.38. The van der Waals surface area contributed by atoms with Gasteiger partial charge in [0.05, 0.1) is 5.76 Å². The number of allylic oxidation sites excluding steroid dienone is 1. The van der Waals surface area contributed by atoms with Gasteiger partial charge in [-0.3, -0.25) is 9.59 Å². The molecule has 1 fully saturated rings. The second kappa shape index (κ2) is 9.77. The molecule has 0 heterocycles. The van der Waals surface area contributed by atoms with Gasteiger partial charge in [0, 0.05) is 24.6 Å². The molecule has 8 heteroatoms. The normalized spacial score (nSPS) is 18.6. The second-order valence-electron chi connectivity index (χ2n) is 6.86. The third-order valence-electron chi connectivity index (χ3n) is 4.50. The Kier molecular flexibility index (Phi) is 7.43. The third kappa shape index (κ3) is 6.29. The van der Waals surface area contributed by atoms with Crippen LogP contribution in [0.25, 0.3) is 0 Å². The first-order chi connectivity index (χ1) is 13.3. The van der Waals surface area contributed by atoms with E-state index in [2.05, 4.69) is 17.2 Å². The van der Waals surface area contributed by atoms with Crippen LogP contribution in [-0.4, -0.2) is 35.7 Å². The number of aromatic carboxylic acids is 1. The van der Waals surface area contributed by atoms with E-state index in [1.165, 1.54) is 19.1 Å². The summed E-state index contributed by atoms with van der Waals surface area (Å²) in [5.74, 6) is -0.964. The van der Waals surface area contributed by atoms with E-state index in [9.17, 15) is 19.5 Å². The van der Waals surface area contributed by atoms with Gasteiger partial charge in [-0.2, -0.15) is 0 Å². The van der Waals surface area contributed by atoms with E-state index in [0.717, 1.165) is 12.8 Å². The molecule has 1 aromatic rings. The smallest absolute Gasteiger partial charge is 0.339 e. The van der Waals surface area contributed by atoms with Crippen LogP contribution in [0.4, 0.5) is 5.69 Å². The predicted octanol–water partition coefficient (Wildman–Crippen LogP) is 2.90. The summed E-state index contributed by atoms with van der Waals surface area (Å²) in [6.07, 6.45) is 2.82. The molecule has 0 atom stereocenters. The number of rotatable bonds is 8. The maximum absolute atomic E-state index is 12.5. The summed E-state index contributed by atoms with van der Waals surface area (Å²) in [5, 5.41) is 15.0. The Morgan fingerprint density at radius 3 is 2.43 bits per heavy atom. The Labute approximate surface area is 163 Å². The fourth-order valence-electron chi connectivity index (χ4n) is 3.13. The summed E-state index contributed by atoms with van der Waals surface area (Å²) in [7, 11) is 0. The molecule has 8 nitrogen and oxygen atoms in total. The van der Waals surface area contributed by atoms with Gasteiger partial charge in [0.1, 0.15) is 11.3 Å². The lowest BCUT2D eigenvalue weighted by Gasteiger charge is -2.28. The van der Waals surface area contributed by atoms with Crippen molar-refractivity contribution < 1.29 is 29.0 Å². The van der Waals surface area contributed by atoms with Crippen molar-refractivity contribution in [1.29, 1.82) is 0 Å². The lowest BCUT2D eigenvalue weighted by atomic mass is 9.85. The van der Waals surface area contributed by atoms with Crippen molar-refractivity contribution in [2.45, 2.75) is 45.6 Å². The molecule has 1 aliphatic carbocycles. The minimum Gasteiger partial charge on any atom is -0.478 e. The van der Waals surface area contributed by atoms with Crippen molar-refractivity contribution in [3.05, 3.63) is 36.1 Å². The summed E-state index contributed by atoms with van der Waals surface area (Å²) in [6.45, 7) is 6.55. The van der Waals surface area contributed by atoms with Gasteiger partial charge in [-0.25, -0.2) is 4.79 Å². The minimum absolute atomic E-state index is 0.0648. The highest BCUT2D eigenvalue weighted by atomic mass is 16.7. The van der Waals surface area contributed by atoms with Gasteiger partial charge in [0.15, 0.2) is 0 Å². The Hall–Kier alpha value is -3.03. The largest absolute Gasteiger partial charge is 0.478 e. The number of anilines is 1. The topological polar surface area (TPSA) is 114 Å². The van der Waals surface area contributed by atoms with Crippen molar-refractivity contribution in [3.63, 3.8) is 0 Å². The fraction of sp³-hybridized carbons (Fsp3) is 0.450. The Balaban J connectivity index is 1.97. The number of benzene rings is 1. The first-order valence-corrected chi connectivity index (χ1v) is 9.12. The van der Waals surface area contributed by atoms with Crippen molar-refractivity contribution in [2.24, 2.45) is 5.92 Å². The van der Waals surface area contributed by atoms with Crippen LogP contribution < -0.4 is 15.4 Å². The van der Waals surface area contributed by atoms with Crippen LogP contribution in [-0.2, 0) is 14.3 Å². The molecule has 152 valence electrons. The maximum Gasteiger partial charge on any atom is 0.339 e. The number of nitrogens with one attached hydrogen (secondary N) is 2. The minimum atomic E-state index is -1.17. The van der Waals surface area contributed by atoms with Gasteiger partial charge in [0.2, 0.25) is 18.6 Å². The van der Waals surface area contributed by atoms with Gasteiger partial charge in [-0.05, 0) is 50.8 Å². The first kappa shape index (κ1) is 21.3. The molecule has 0 aliphatic heterocycles. The Morgan fingerprint density at radius 1 is 1.18 bits per heavy atom. The van der Waals surface area contributed by atoms with Gasteiger partial charge in [-0.1, -0.05) is 6.58 Å². The number of hydrogen-bond acceptors (Lipinski definition) is 5. The van der Waals surface area contributed by atoms with Crippen LogP contribution >= 0.6 is 0 Å². The molecule has 2 amide bonds. The Bertz CT molecular complexity index is 753. The molecule has 0 saturated heterocycles. The van der Waals surface area contributed by atoms with E-state index >= 15 is 0 Å². The average Bonchev–Trinajstić information content (AvgIpc) is 2.62. The zero-order chi connectivity index (χ0) is 20.7. The molecule has 28 heavy (non-hydrogen) atoms. The summed E-state index contributed by atoms with van der Waals surface area (Å²) in [5.41, 5.74) is 0.317. The van der Waals surface area contributed by atoms with E-state index in [1.807, 2.05) is 0 Å². The zero-order valence-corrected chi connectivity index (χ0v) is 16.1. The van der Waals surface area contributed by atoms with Crippen LogP contribution in [0.3, 0.4) is 0 Å². The van der Waals surface area contributed by atoms with Crippen LogP contribution in [0.15, 0.2) is 30.5 Å². The number of carbonyl (C=O) groups is 3. The SMILES string of the molecule is C=C(C)OCOc1ccc(NC(=O)C2CCC(NC(C)=O)CC2)cc1C(=O)O. The molecule has 0 bridgehead atoms. The van der Waals surface area contributed by atoms with Crippen molar-refractivity contribution in [1.82, 2.24) is 5.32 Å². The quantitative estimate of drug-likeness (QED) is 0.465. The second-order valence-corrected chi connectivity index (χ2v) is 6.86. The van der Waals surface area contributed by atoms with Gasteiger partial charge >= 0.3 is 5.97 Å². The number of ether oxygens (including phenoxy) is 2. The van der Waals surface area contributed by atoms with E-state index in [0.29, 0.717) is 24.3 Å². The van der Waals surface area contributed by atoms with Gasteiger partial charge in [-0.15, -0.1) is 0 Å². The molecule has 1 aromatic carbocycles. The highest BCUT2D eigenvalue weighted by Gasteiger charge is 2.27. The fourth-order valence-corrected chi connectivity index (χ4v) is 3.13. The molecular weight excluding hydrogens is 364 g/mol. The number of carboxylic acids is 1. The molecule has 1 aliphatic rings. The molecule has 0 spiro atoms. The van der Waals surface area contributed by atoms with Crippen LogP contribution in [0.1, 0.15) is 49.9 Å². The summed E-state index contributed by atoms with van der Waals surface area (Å²) < 4.78 is 10.4. The molecular formula is C20H26N2O6. The molecule has 0 radical (unpaired) electrons. The standard InChI is InChI=1S/C20H26N2O6/c1-12(2)27-11-28-18-9-8-16(10-17(18)20(25)26)22-19(24)14-4-6-15(7-5-14)21-13(3)23/h8-10,14-15H,1,4-7,11H2,2-3H3,(H,21,23)(H,22,24)(H,25,26). The van der Waals surface area contributed by atoms with Crippen LogP contribution in [0, 0.1) is 5.92 Å². The van der Waals surface area contributed by atoms with Gasteiger partial charge < -0.3 is 25.2 Å². The number of carboxylic acid groups (broad SMARTS) is 1. The van der Waals surface area contributed by atoms with Crippen molar-refractivity contribution in [2.75, 3.05) is 12.1 Å². The van der Waals surface area contributed by atoms with Crippen LogP contribution in [0.2, 0.25) is 0 Å². The summed E-state index contributed by atoms with van der Waals surface area (Å²) in [6, 6.07) is 4.54. The molecule has 1 saturated carbocycles. The average molecular weight is 390 g/mol. The van der Waals surface area contributed by atoms with Crippen LogP contribution in [0.5, 0.6) is 5.75 Å².